The maximum absolute atomic E-state index is 12.5. The Hall–Kier alpha value is -5.58. The summed E-state index contributed by atoms with van der Waals surface area (Å²) in [6, 6.07) is 7.42. The molecule has 7 rings (SSSR count). The molecule has 6 aromatic heterocycles. The first-order valence-corrected chi connectivity index (χ1v) is 16.2. The van der Waals surface area contributed by atoms with Gasteiger partial charge in [0.05, 0.1) is 11.4 Å². The molecule has 0 unspecified atom stereocenters. The van der Waals surface area contributed by atoms with Crippen LogP contribution in [0, 0.1) is 41.5 Å². The summed E-state index contributed by atoms with van der Waals surface area (Å²) in [5, 5.41) is 46.4. The number of aryl methyl sites for hydroxylation is 4. The van der Waals surface area contributed by atoms with Gasteiger partial charge in [-0.25, -0.2) is 9.36 Å². The monoisotopic (exact) mass is 668 g/mol. The van der Waals surface area contributed by atoms with Gasteiger partial charge < -0.3 is 15.3 Å². The van der Waals surface area contributed by atoms with E-state index in [1.165, 1.54) is 0 Å². The standard InChI is InChI=1S/C18H24N8O.C14H16N6O2/c1-12-15(4-7-18(27)24-10-8-19-9-11-24)13(2)25(22-12)17-6-5-16-21-20-14(3)26(16)23-17;1-8-11(4-7-14(21)22)9(2)19(17-8)13-6-5-12-16-15-10(3)20(12)18-13/h5-6,19H,4,7-11H2,1-3H3;5-6H,4,7H2,1-3H3,(H,21,22). The Morgan fingerprint density at radius 1 is 0.673 bits per heavy atom. The van der Waals surface area contributed by atoms with Crippen molar-refractivity contribution in [2.45, 2.75) is 67.2 Å². The molecule has 6 aromatic rings. The van der Waals surface area contributed by atoms with Crippen molar-refractivity contribution in [3.8, 4) is 11.6 Å². The van der Waals surface area contributed by atoms with Gasteiger partial charge in [0.2, 0.25) is 5.91 Å². The van der Waals surface area contributed by atoms with Crippen LogP contribution < -0.4 is 5.32 Å². The first-order chi connectivity index (χ1) is 23.5. The first-order valence-electron chi connectivity index (χ1n) is 16.2. The second-order valence-corrected chi connectivity index (χ2v) is 12.1. The largest absolute Gasteiger partial charge is 0.481 e. The molecule has 7 heterocycles. The highest BCUT2D eigenvalue weighted by Crippen LogP contribution is 2.20. The molecule has 256 valence electrons. The van der Waals surface area contributed by atoms with Crippen LogP contribution in [0.3, 0.4) is 0 Å². The molecule has 1 saturated heterocycles. The van der Waals surface area contributed by atoms with E-state index in [9.17, 15) is 9.59 Å². The Morgan fingerprint density at radius 2 is 1.14 bits per heavy atom. The van der Waals surface area contributed by atoms with Crippen molar-refractivity contribution in [1.82, 2.24) is 69.4 Å². The average molecular weight is 669 g/mol. The van der Waals surface area contributed by atoms with E-state index in [0.717, 1.165) is 65.9 Å². The number of carbonyl (C=O) groups is 2. The zero-order chi connectivity index (χ0) is 34.8. The van der Waals surface area contributed by atoms with E-state index in [0.29, 0.717) is 48.0 Å². The number of nitrogens with zero attached hydrogens (tertiary/aromatic N) is 13. The maximum atomic E-state index is 12.5. The molecule has 0 radical (unpaired) electrons. The molecular weight excluding hydrogens is 628 g/mol. The van der Waals surface area contributed by atoms with Crippen LogP contribution in [-0.4, -0.2) is 107 Å². The van der Waals surface area contributed by atoms with Crippen LogP contribution in [0.2, 0.25) is 0 Å². The maximum Gasteiger partial charge on any atom is 0.303 e. The molecule has 0 spiro atoms. The highest BCUT2D eigenvalue weighted by molar-refractivity contribution is 5.76. The van der Waals surface area contributed by atoms with Gasteiger partial charge in [-0.2, -0.15) is 19.2 Å². The third-order valence-electron chi connectivity index (χ3n) is 8.77. The molecule has 1 aliphatic rings. The number of carboxylic acid groups (broad SMARTS) is 1. The van der Waals surface area contributed by atoms with E-state index in [1.54, 1.807) is 13.7 Å². The number of aliphatic carboxylic acids is 1. The Labute approximate surface area is 282 Å². The average Bonchev–Trinajstić information content (AvgIpc) is 3.82. The first kappa shape index (κ1) is 33.3. The molecule has 0 bridgehead atoms. The molecule has 1 aliphatic heterocycles. The van der Waals surface area contributed by atoms with Crippen molar-refractivity contribution in [2.75, 3.05) is 26.2 Å². The Kier molecular flexibility index (Phi) is 9.44. The van der Waals surface area contributed by atoms with Crippen LogP contribution in [0.1, 0.15) is 58.4 Å². The lowest BCUT2D eigenvalue weighted by molar-refractivity contribution is -0.137. The minimum absolute atomic E-state index is 0.0877. The Bertz CT molecular complexity index is 2150. The zero-order valence-corrected chi connectivity index (χ0v) is 28.5. The number of piperazine rings is 1. The zero-order valence-electron chi connectivity index (χ0n) is 28.5. The fourth-order valence-electron chi connectivity index (χ4n) is 6.05. The van der Waals surface area contributed by atoms with Crippen molar-refractivity contribution in [1.29, 1.82) is 0 Å². The lowest BCUT2D eigenvalue weighted by Crippen LogP contribution is -2.46. The van der Waals surface area contributed by atoms with Crippen LogP contribution in [0.15, 0.2) is 24.3 Å². The number of rotatable bonds is 8. The lowest BCUT2D eigenvalue weighted by atomic mass is 10.1. The molecule has 0 aliphatic carbocycles. The van der Waals surface area contributed by atoms with Gasteiger partial charge in [-0.15, -0.1) is 30.6 Å². The SMILES string of the molecule is Cc1nn(-c2ccc3nnc(C)n3n2)c(C)c1CCC(=O)N1CCNCC1.Cc1nn(-c2ccc3nnc(C)n3n2)c(C)c1CCC(=O)O. The molecule has 1 fully saturated rings. The molecule has 17 heteroatoms. The number of carboxylic acids is 1. The summed E-state index contributed by atoms with van der Waals surface area (Å²) in [5.74, 6) is 2.19. The van der Waals surface area contributed by atoms with Crippen molar-refractivity contribution < 1.29 is 14.7 Å². The second-order valence-electron chi connectivity index (χ2n) is 12.1. The number of nitrogens with one attached hydrogen (secondary N) is 1. The molecule has 17 nitrogen and oxygen atoms in total. The number of fused-ring (bicyclic) bond motifs is 2. The molecule has 0 atom stereocenters. The van der Waals surface area contributed by atoms with Crippen LogP contribution in [0.5, 0.6) is 0 Å². The molecular formula is C32H40N14O3. The summed E-state index contributed by atoms with van der Waals surface area (Å²) in [5.41, 5.74) is 7.11. The van der Waals surface area contributed by atoms with Crippen LogP contribution >= 0.6 is 0 Å². The summed E-state index contributed by atoms with van der Waals surface area (Å²) < 4.78 is 6.92. The smallest absolute Gasteiger partial charge is 0.303 e. The summed E-state index contributed by atoms with van der Waals surface area (Å²) in [6.07, 6.45) is 1.74. The predicted molar refractivity (Wildman–Crippen MR) is 178 cm³/mol. The van der Waals surface area contributed by atoms with Gasteiger partial charge >= 0.3 is 5.97 Å². The van der Waals surface area contributed by atoms with Crippen LogP contribution in [-0.2, 0) is 22.4 Å². The normalized spacial score (nSPS) is 13.2. The van der Waals surface area contributed by atoms with Crippen molar-refractivity contribution in [3.63, 3.8) is 0 Å². The van der Waals surface area contributed by atoms with Gasteiger partial charge in [0, 0.05) is 50.4 Å². The quantitative estimate of drug-likeness (QED) is 0.240. The number of hydrogen-bond donors (Lipinski definition) is 2. The fraction of sp³-hybridized carbons (Fsp3) is 0.438. The second kappa shape index (κ2) is 13.9. The molecule has 0 saturated carbocycles. The Balaban J connectivity index is 0.000000174. The van der Waals surface area contributed by atoms with E-state index < -0.39 is 5.97 Å². The third-order valence-corrected chi connectivity index (χ3v) is 8.77. The van der Waals surface area contributed by atoms with Gasteiger partial charge in [0.25, 0.3) is 0 Å². The van der Waals surface area contributed by atoms with Gasteiger partial charge in [-0.3, -0.25) is 9.59 Å². The highest BCUT2D eigenvalue weighted by Gasteiger charge is 2.20. The Morgan fingerprint density at radius 3 is 1.61 bits per heavy atom. The van der Waals surface area contributed by atoms with Gasteiger partial charge in [-0.1, -0.05) is 0 Å². The summed E-state index contributed by atoms with van der Waals surface area (Å²) >= 11 is 0. The minimum atomic E-state index is -0.814. The van der Waals surface area contributed by atoms with Gasteiger partial charge in [0.15, 0.2) is 34.6 Å². The summed E-state index contributed by atoms with van der Waals surface area (Å²) in [6.45, 7) is 14.8. The molecule has 0 aromatic carbocycles. The third kappa shape index (κ3) is 6.87. The number of carbonyl (C=O) groups excluding carboxylic acids is 1. The fourth-order valence-corrected chi connectivity index (χ4v) is 6.05. The predicted octanol–water partition coefficient (Wildman–Crippen LogP) is 1.85. The van der Waals surface area contributed by atoms with Crippen LogP contribution in [0.25, 0.3) is 22.9 Å². The van der Waals surface area contributed by atoms with E-state index in [-0.39, 0.29) is 12.3 Å². The van der Waals surface area contributed by atoms with Crippen molar-refractivity contribution in [2.24, 2.45) is 0 Å². The van der Waals surface area contributed by atoms with Gasteiger partial charge in [-0.05, 0) is 89.8 Å². The van der Waals surface area contributed by atoms with Gasteiger partial charge in [0.1, 0.15) is 0 Å². The van der Waals surface area contributed by atoms with Crippen molar-refractivity contribution in [3.05, 3.63) is 69.8 Å². The van der Waals surface area contributed by atoms with Crippen molar-refractivity contribution >= 4 is 23.2 Å². The van der Waals surface area contributed by atoms with E-state index in [1.807, 2.05) is 75.4 Å². The summed E-state index contributed by atoms with van der Waals surface area (Å²) in [7, 11) is 0. The van der Waals surface area contributed by atoms with Crippen LogP contribution in [0.4, 0.5) is 0 Å². The number of aromatic nitrogens is 12. The molecule has 2 N–H and O–H groups in total. The van der Waals surface area contributed by atoms with E-state index in [2.05, 4.69) is 46.1 Å². The highest BCUT2D eigenvalue weighted by atomic mass is 16.4. The van der Waals surface area contributed by atoms with E-state index >= 15 is 0 Å². The summed E-state index contributed by atoms with van der Waals surface area (Å²) in [4.78, 5) is 25.2. The topological polar surface area (TPSA) is 191 Å². The number of amides is 1. The molecule has 49 heavy (non-hydrogen) atoms. The molecule has 1 amide bonds. The van der Waals surface area contributed by atoms with E-state index in [4.69, 9.17) is 5.11 Å². The lowest BCUT2D eigenvalue weighted by Gasteiger charge is -2.27. The number of hydrogen-bond acceptors (Lipinski definition) is 11. The minimum Gasteiger partial charge on any atom is -0.481 e.